The first-order chi connectivity index (χ1) is 15.1. The summed E-state index contributed by atoms with van der Waals surface area (Å²) in [6, 6.07) is 7.06. The van der Waals surface area contributed by atoms with E-state index < -0.39 is 0 Å². The van der Waals surface area contributed by atoms with Crippen molar-refractivity contribution in [3.8, 4) is 0 Å². The maximum absolute atomic E-state index is 13.5. The summed E-state index contributed by atoms with van der Waals surface area (Å²) in [4.78, 5) is 33.5. The molecule has 170 valence electrons. The van der Waals surface area contributed by atoms with Crippen molar-refractivity contribution in [2.75, 3.05) is 34.0 Å². The average Bonchev–Trinajstić information content (AvgIpc) is 2.81. The Morgan fingerprint density at radius 3 is 2.58 bits per heavy atom. The number of carbonyl (C=O) groups is 1. The van der Waals surface area contributed by atoms with Crippen LogP contribution in [0.5, 0.6) is 0 Å². The van der Waals surface area contributed by atoms with Gasteiger partial charge in [0.25, 0.3) is 5.56 Å². The van der Waals surface area contributed by atoms with Crippen molar-refractivity contribution in [2.45, 2.75) is 58.0 Å². The maximum Gasteiger partial charge on any atom is 0.261 e. The van der Waals surface area contributed by atoms with Gasteiger partial charge in [-0.05, 0) is 38.3 Å². The average molecular weight is 430 g/mol. The van der Waals surface area contributed by atoms with E-state index in [1.54, 1.807) is 24.9 Å². The quantitative estimate of drug-likeness (QED) is 0.540. The van der Waals surface area contributed by atoms with Crippen molar-refractivity contribution in [3.63, 3.8) is 0 Å². The van der Waals surface area contributed by atoms with Gasteiger partial charge in [-0.1, -0.05) is 31.4 Å². The normalized spacial score (nSPS) is 15.8. The first-order valence-electron chi connectivity index (χ1n) is 11.4. The van der Waals surface area contributed by atoms with Crippen LogP contribution in [-0.2, 0) is 20.8 Å². The summed E-state index contributed by atoms with van der Waals surface area (Å²) in [6.45, 7) is 3.95. The van der Waals surface area contributed by atoms with Gasteiger partial charge in [0.05, 0.1) is 30.1 Å². The van der Waals surface area contributed by atoms with Crippen LogP contribution in [0.15, 0.2) is 29.1 Å². The summed E-state index contributed by atoms with van der Waals surface area (Å²) in [7, 11) is 3.29. The Balaban J connectivity index is 2.00. The maximum atomic E-state index is 13.5. The Morgan fingerprint density at radius 2 is 1.87 bits per heavy atom. The zero-order chi connectivity index (χ0) is 22.2. The number of amides is 1. The second-order valence-corrected chi connectivity index (χ2v) is 8.33. The minimum Gasteiger partial charge on any atom is -0.385 e. The summed E-state index contributed by atoms with van der Waals surface area (Å²) in [5.41, 5.74) is 0.566. The van der Waals surface area contributed by atoms with E-state index in [4.69, 9.17) is 14.5 Å². The van der Waals surface area contributed by atoms with Gasteiger partial charge >= 0.3 is 0 Å². The number of hydrogen-bond donors (Lipinski definition) is 0. The summed E-state index contributed by atoms with van der Waals surface area (Å²) in [6.07, 6.45) is 6.02. The van der Waals surface area contributed by atoms with E-state index in [0.717, 1.165) is 32.1 Å². The fourth-order valence-corrected chi connectivity index (χ4v) is 4.50. The lowest BCUT2D eigenvalue weighted by Gasteiger charge is -2.34. The fourth-order valence-electron chi connectivity index (χ4n) is 4.50. The molecule has 1 saturated carbocycles. The molecular weight excluding hydrogens is 394 g/mol. The summed E-state index contributed by atoms with van der Waals surface area (Å²) in [5, 5.41) is 0.582. The van der Waals surface area contributed by atoms with Crippen LogP contribution in [0.2, 0.25) is 0 Å². The number of carbonyl (C=O) groups excluding carboxylic acids is 1. The number of fused-ring (bicyclic) bond motifs is 1. The van der Waals surface area contributed by atoms with E-state index >= 15 is 0 Å². The molecule has 0 radical (unpaired) electrons. The second kappa shape index (κ2) is 11.4. The van der Waals surface area contributed by atoms with Gasteiger partial charge in [-0.15, -0.1) is 0 Å². The van der Waals surface area contributed by atoms with Crippen molar-refractivity contribution in [1.29, 1.82) is 0 Å². The zero-order valence-corrected chi connectivity index (χ0v) is 19.0. The number of methoxy groups -OCH3 is 2. The summed E-state index contributed by atoms with van der Waals surface area (Å²) >= 11 is 0. The third-order valence-corrected chi connectivity index (χ3v) is 6.24. The van der Waals surface area contributed by atoms with Crippen LogP contribution < -0.4 is 5.56 Å². The molecule has 2 aromatic rings. The second-order valence-electron chi connectivity index (χ2n) is 8.33. The minimum absolute atomic E-state index is 0.0540. The molecule has 3 rings (SSSR count). The first-order valence-corrected chi connectivity index (χ1v) is 11.4. The third-order valence-electron chi connectivity index (χ3n) is 6.24. The van der Waals surface area contributed by atoms with Gasteiger partial charge in [0, 0.05) is 33.3 Å². The molecule has 1 aromatic carbocycles. The van der Waals surface area contributed by atoms with Crippen molar-refractivity contribution in [3.05, 3.63) is 40.4 Å². The monoisotopic (exact) mass is 429 g/mol. The molecule has 1 heterocycles. The standard InChI is InChI=1S/C24H35N3O4/c1-18(26(14-9-16-30-2)23(28)19-10-5-4-6-11-19)22-25-21-13-8-7-12-20(21)24(29)27(22)15-17-31-3/h7-8,12-13,18-19H,4-6,9-11,14-17H2,1-3H3. The fraction of sp³-hybridized carbons (Fsp3) is 0.625. The molecule has 0 spiro atoms. The van der Waals surface area contributed by atoms with Crippen molar-refractivity contribution < 1.29 is 14.3 Å². The molecule has 1 atom stereocenters. The van der Waals surface area contributed by atoms with E-state index in [9.17, 15) is 9.59 Å². The molecule has 1 aromatic heterocycles. The highest BCUT2D eigenvalue weighted by Gasteiger charge is 2.31. The Kier molecular flexibility index (Phi) is 8.60. The zero-order valence-electron chi connectivity index (χ0n) is 19.0. The topological polar surface area (TPSA) is 73.7 Å². The molecule has 1 amide bonds. The number of hydrogen-bond acceptors (Lipinski definition) is 5. The number of rotatable bonds is 10. The van der Waals surface area contributed by atoms with Crippen LogP contribution in [0.25, 0.3) is 10.9 Å². The van der Waals surface area contributed by atoms with E-state index in [1.165, 1.54) is 6.42 Å². The highest BCUT2D eigenvalue weighted by molar-refractivity contribution is 5.80. The van der Waals surface area contributed by atoms with E-state index in [-0.39, 0.29) is 23.4 Å². The number of para-hydroxylation sites is 1. The highest BCUT2D eigenvalue weighted by Crippen LogP contribution is 2.29. The smallest absolute Gasteiger partial charge is 0.261 e. The predicted octanol–water partition coefficient (Wildman–Crippen LogP) is 3.55. The molecular formula is C24H35N3O4. The largest absolute Gasteiger partial charge is 0.385 e. The summed E-state index contributed by atoms with van der Waals surface area (Å²) in [5.74, 6) is 0.838. The van der Waals surface area contributed by atoms with Crippen LogP contribution in [0.3, 0.4) is 0 Å². The Bertz CT molecular complexity index is 921. The van der Waals surface area contributed by atoms with Crippen LogP contribution in [0.1, 0.15) is 57.3 Å². The molecule has 1 fully saturated rings. The lowest BCUT2D eigenvalue weighted by atomic mass is 9.88. The number of benzene rings is 1. The van der Waals surface area contributed by atoms with Crippen molar-refractivity contribution >= 4 is 16.8 Å². The molecule has 1 unspecified atom stereocenters. The summed E-state index contributed by atoms with van der Waals surface area (Å²) < 4.78 is 12.2. The number of aromatic nitrogens is 2. The third kappa shape index (κ3) is 5.52. The van der Waals surface area contributed by atoms with Gasteiger partial charge in [0.2, 0.25) is 5.91 Å². The Morgan fingerprint density at radius 1 is 1.16 bits per heavy atom. The van der Waals surface area contributed by atoms with Gasteiger partial charge in [0.15, 0.2) is 0 Å². The first kappa shape index (κ1) is 23.4. The Hall–Kier alpha value is -2.25. The van der Waals surface area contributed by atoms with Gasteiger partial charge in [0.1, 0.15) is 5.82 Å². The van der Waals surface area contributed by atoms with Gasteiger partial charge in [-0.3, -0.25) is 14.2 Å². The predicted molar refractivity (Wildman–Crippen MR) is 121 cm³/mol. The lowest BCUT2D eigenvalue weighted by Crippen LogP contribution is -2.42. The van der Waals surface area contributed by atoms with E-state index in [1.807, 2.05) is 30.0 Å². The van der Waals surface area contributed by atoms with Crippen molar-refractivity contribution in [1.82, 2.24) is 14.5 Å². The van der Waals surface area contributed by atoms with E-state index in [0.29, 0.717) is 43.0 Å². The molecule has 0 bridgehead atoms. The Labute approximate surface area is 184 Å². The van der Waals surface area contributed by atoms with Gasteiger partial charge in [-0.25, -0.2) is 4.98 Å². The highest BCUT2D eigenvalue weighted by atomic mass is 16.5. The van der Waals surface area contributed by atoms with Gasteiger partial charge in [-0.2, -0.15) is 0 Å². The van der Waals surface area contributed by atoms with Crippen LogP contribution in [0.4, 0.5) is 0 Å². The molecule has 7 heteroatoms. The molecule has 0 N–H and O–H groups in total. The van der Waals surface area contributed by atoms with Gasteiger partial charge < -0.3 is 14.4 Å². The van der Waals surface area contributed by atoms with Crippen LogP contribution >= 0.6 is 0 Å². The lowest BCUT2D eigenvalue weighted by molar-refractivity contribution is -0.139. The van der Waals surface area contributed by atoms with Crippen LogP contribution in [0, 0.1) is 5.92 Å². The number of nitrogens with zero attached hydrogens (tertiary/aromatic N) is 3. The molecule has 0 aliphatic heterocycles. The molecule has 1 aliphatic rings. The molecule has 0 saturated heterocycles. The van der Waals surface area contributed by atoms with E-state index in [2.05, 4.69) is 0 Å². The SMILES string of the molecule is COCCCN(C(=O)C1CCCCC1)C(C)c1nc2ccccc2c(=O)n1CCOC. The molecule has 1 aliphatic carbocycles. The minimum atomic E-state index is -0.319. The van der Waals surface area contributed by atoms with Crippen LogP contribution in [-0.4, -0.2) is 54.3 Å². The molecule has 31 heavy (non-hydrogen) atoms. The molecule has 7 nitrogen and oxygen atoms in total. The van der Waals surface area contributed by atoms with Crippen molar-refractivity contribution in [2.24, 2.45) is 5.92 Å². The number of ether oxygens (including phenoxy) is 2.